The summed E-state index contributed by atoms with van der Waals surface area (Å²) in [4.78, 5) is 24.9. The van der Waals surface area contributed by atoms with Gasteiger partial charge in [0.2, 0.25) is 0 Å². The Morgan fingerprint density at radius 2 is 1.67 bits per heavy atom. The van der Waals surface area contributed by atoms with Crippen molar-refractivity contribution < 1.29 is 19.4 Å². The number of ether oxygens (including phenoxy) is 2. The van der Waals surface area contributed by atoms with Crippen LogP contribution in [0.2, 0.25) is 51.4 Å². The zero-order valence-corrected chi connectivity index (χ0v) is 29.4. The van der Waals surface area contributed by atoms with E-state index < -0.39 is 22.2 Å². The second-order valence-corrected chi connectivity index (χ2v) is 25.4. The van der Waals surface area contributed by atoms with Gasteiger partial charge in [-0.25, -0.2) is 9.78 Å². The van der Waals surface area contributed by atoms with Crippen molar-refractivity contribution in [3.05, 3.63) is 60.6 Å². The quantitative estimate of drug-likeness (QED) is 0.0928. The van der Waals surface area contributed by atoms with Gasteiger partial charge in [-0.2, -0.15) is 9.61 Å². The van der Waals surface area contributed by atoms with Crippen LogP contribution < -0.4 is 4.90 Å². The lowest BCUT2D eigenvalue weighted by Gasteiger charge is -2.28. The van der Waals surface area contributed by atoms with Crippen LogP contribution in [0.25, 0.3) is 33.3 Å². The second kappa shape index (κ2) is 13.8. The Balaban J connectivity index is 1.56. The number of benzene rings is 1. The Bertz CT molecular complexity index is 1660. The van der Waals surface area contributed by atoms with Crippen molar-refractivity contribution >= 4 is 50.2 Å². The normalized spacial score (nSPS) is 14.3. The predicted octanol–water partition coefficient (Wildman–Crippen LogP) is 7.14. The number of hydrogen-bond donors (Lipinski definition) is 1. The summed E-state index contributed by atoms with van der Waals surface area (Å²) in [7, 11) is -2.52. The van der Waals surface area contributed by atoms with Crippen molar-refractivity contribution in [3.8, 4) is 11.1 Å². The van der Waals surface area contributed by atoms with Crippen LogP contribution in [0.15, 0.2) is 54.9 Å². The molecule has 45 heavy (non-hydrogen) atoms. The maximum Gasteiger partial charge on any atom is 0.407 e. The Morgan fingerprint density at radius 3 is 2.29 bits per heavy atom. The molecule has 3 aromatic heterocycles. The number of carboxylic acid groups (broad SMARTS) is 1. The molecule has 1 amide bonds. The molecule has 0 unspecified atom stereocenters. The molecule has 1 N–H and O–H groups in total. The van der Waals surface area contributed by atoms with Gasteiger partial charge in [0, 0.05) is 71.2 Å². The van der Waals surface area contributed by atoms with Gasteiger partial charge in [0.1, 0.15) is 19.3 Å². The van der Waals surface area contributed by atoms with Crippen LogP contribution in [-0.4, -0.2) is 91.6 Å². The standard InChI is InChI=1S/C33H46N6O4Si2/c1-44(2,3)17-15-42-23-38(24-43-16-18-45(4,5)6)31-20-30(25-11-13-37(14-12-25)33(40)41)36-32-28(22-35-39(31)32)27-19-26-9-7-8-10-29(26)34-21-27/h7-11,19-22H,12-18,23-24H2,1-6H3,(H,40,41). The van der Waals surface area contributed by atoms with E-state index in [2.05, 4.69) is 56.3 Å². The first-order valence-corrected chi connectivity index (χ1v) is 23.1. The number of amides is 1. The van der Waals surface area contributed by atoms with Gasteiger partial charge in [-0.1, -0.05) is 63.6 Å². The number of pyridine rings is 1. The van der Waals surface area contributed by atoms with Crippen LogP contribution in [0.1, 0.15) is 12.1 Å². The van der Waals surface area contributed by atoms with E-state index in [1.165, 1.54) is 4.90 Å². The molecule has 10 nitrogen and oxygen atoms in total. The summed E-state index contributed by atoms with van der Waals surface area (Å²) in [5.41, 5.74) is 5.25. The van der Waals surface area contributed by atoms with Crippen LogP contribution in [0.3, 0.4) is 0 Å². The number of hydrogen-bond acceptors (Lipinski definition) is 7. The summed E-state index contributed by atoms with van der Waals surface area (Å²) in [5, 5.41) is 15.4. The van der Waals surface area contributed by atoms with Gasteiger partial charge in [-0.05, 0) is 36.2 Å². The molecule has 0 saturated carbocycles. The first kappa shape index (κ1) is 32.8. The van der Waals surface area contributed by atoms with Crippen molar-refractivity contribution in [2.75, 3.05) is 44.7 Å². The van der Waals surface area contributed by atoms with Crippen LogP contribution in [-0.2, 0) is 9.47 Å². The molecular formula is C33H46N6O4Si2. The molecule has 0 radical (unpaired) electrons. The van der Waals surface area contributed by atoms with E-state index in [4.69, 9.17) is 24.5 Å². The number of aromatic nitrogens is 4. The maximum atomic E-state index is 11.6. The summed E-state index contributed by atoms with van der Waals surface area (Å²) in [6.45, 7) is 16.9. The van der Waals surface area contributed by atoms with Crippen LogP contribution in [0.4, 0.5) is 10.6 Å². The topological polar surface area (TPSA) is 105 Å². The lowest BCUT2D eigenvalue weighted by atomic mass is 10.0. The van der Waals surface area contributed by atoms with Gasteiger partial charge in [-0.15, -0.1) is 0 Å². The van der Waals surface area contributed by atoms with Crippen molar-refractivity contribution in [2.45, 2.75) is 57.8 Å². The van der Waals surface area contributed by atoms with Crippen LogP contribution >= 0.6 is 0 Å². The molecule has 1 aliphatic heterocycles. The first-order chi connectivity index (χ1) is 21.4. The van der Waals surface area contributed by atoms with Crippen LogP contribution in [0.5, 0.6) is 0 Å². The molecule has 0 atom stereocenters. The number of anilines is 1. The minimum atomic E-state index is -1.26. The first-order valence-electron chi connectivity index (χ1n) is 15.7. The minimum Gasteiger partial charge on any atom is -0.465 e. The number of fused-ring (bicyclic) bond motifs is 2. The van der Waals surface area contributed by atoms with Gasteiger partial charge >= 0.3 is 6.09 Å². The van der Waals surface area contributed by atoms with Gasteiger partial charge in [0.25, 0.3) is 0 Å². The Kier molecular flexibility index (Phi) is 10.1. The van der Waals surface area contributed by atoms with Crippen molar-refractivity contribution in [1.82, 2.24) is 24.5 Å². The third kappa shape index (κ3) is 8.57. The van der Waals surface area contributed by atoms with E-state index >= 15 is 0 Å². The zero-order chi connectivity index (χ0) is 32.2. The number of para-hydroxylation sites is 1. The average molecular weight is 647 g/mol. The third-order valence-electron chi connectivity index (χ3n) is 7.97. The van der Waals surface area contributed by atoms with Crippen molar-refractivity contribution in [1.29, 1.82) is 0 Å². The molecular weight excluding hydrogens is 601 g/mol. The lowest BCUT2D eigenvalue weighted by Crippen LogP contribution is -2.34. The lowest BCUT2D eigenvalue weighted by molar-refractivity contribution is 0.0942. The molecule has 0 bridgehead atoms. The predicted molar refractivity (Wildman–Crippen MR) is 186 cm³/mol. The molecule has 5 rings (SSSR count). The number of carbonyl (C=O) groups is 1. The van der Waals surface area contributed by atoms with E-state index in [9.17, 15) is 9.90 Å². The summed E-state index contributed by atoms with van der Waals surface area (Å²) in [6.07, 6.45) is 5.35. The van der Waals surface area contributed by atoms with Crippen LogP contribution in [0, 0.1) is 0 Å². The van der Waals surface area contributed by atoms with Crippen molar-refractivity contribution in [2.24, 2.45) is 0 Å². The van der Waals surface area contributed by atoms with Gasteiger partial charge in [0.05, 0.1) is 17.4 Å². The molecule has 0 spiro atoms. The molecule has 4 aromatic rings. The summed E-state index contributed by atoms with van der Waals surface area (Å²) < 4.78 is 14.4. The van der Waals surface area contributed by atoms with Gasteiger partial charge < -0.3 is 24.4 Å². The van der Waals surface area contributed by atoms with E-state index in [-0.39, 0.29) is 0 Å². The number of nitrogens with zero attached hydrogens (tertiary/aromatic N) is 6. The SMILES string of the molecule is C[Si](C)(C)CCOCN(COCC[Si](C)(C)C)c1cc(C2=CCN(C(=O)O)CC2)nc2c(-c3cnc4ccccc4c3)cnn12. The molecule has 240 valence electrons. The smallest absolute Gasteiger partial charge is 0.407 e. The molecule has 12 heteroatoms. The fraction of sp³-hybridized carbons (Fsp3) is 0.455. The monoisotopic (exact) mass is 646 g/mol. The molecule has 0 fully saturated rings. The van der Waals surface area contributed by atoms with E-state index in [1.54, 1.807) is 0 Å². The second-order valence-electron chi connectivity index (χ2n) is 14.2. The highest BCUT2D eigenvalue weighted by molar-refractivity contribution is 6.76. The summed E-state index contributed by atoms with van der Waals surface area (Å²) >= 11 is 0. The van der Waals surface area contributed by atoms with E-state index in [0.717, 1.165) is 51.2 Å². The third-order valence-corrected chi connectivity index (χ3v) is 11.4. The molecule has 4 heterocycles. The minimum absolute atomic E-state index is 0.330. The van der Waals surface area contributed by atoms with E-state index in [0.29, 0.717) is 51.8 Å². The molecule has 1 aromatic carbocycles. The molecule has 1 aliphatic rings. The maximum absolute atomic E-state index is 11.6. The zero-order valence-electron chi connectivity index (χ0n) is 27.4. The molecule has 0 aliphatic carbocycles. The van der Waals surface area contributed by atoms with Gasteiger partial charge in [0.15, 0.2) is 5.65 Å². The fourth-order valence-corrected chi connectivity index (χ4v) is 6.62. The Labute approximate surface area is 267 Å². The Morgan fingerprint density at radius 1 is 0.978 bits per heavy atom. The summed E-state index contributed by atoms with van der Waals surface area (Å²) in [5.74, 6) is 0.817. The molecule has 0 saturated heterocycles. The fourth-order valence-electron chi connectivity index (χ4n) is 5.11. The van der Waals surface area contributed by atoms with Crippen molar-refractivity contribution in [3.63, 3.8) is 0 Å². The largest absolute Gasteiger partial charge is 0.465 e. The van der Waals surface area contributed by atoms with E-state index in [1.807, 2.05) is 47.3 Å². The highest BCUT2D eigenvalue weighted by Crippen LogP contribution is 2.32. The average Bonchev–Trinajstić information content (AvgIpc) is 3.43. The Hall–Kier alpha value is -3.59. The highest BCUT2D eigenvalue weighted by Gasteiger charge is 2.23. The highest BCUT2D eigenvalue weighted by atomic mass is 28.3. The number of rotatable bonds is 13. The van der Waals surface area contributed by atoms with Gasteiger partial charge in [-0.3, -0.25) is 4.98 Å². The summed E-state index contributed by atoms with van der Waals surface area (Å²) in [6, 6.07) is 14.4.